The van der Waals surface area contributed by atoms with Crippen LogP contribution in [-0.4, -0.2) is 30.2 Å². The topological polar surface area (TPSA) is 85.4 Å². The number of nitrogens with one attached hydrogen (secondary N) is 2. The molecule has 3 aromatic rings. The smallest absolute Gasteiger partial charge is 0.323 e. The summed E-state index contributed by atoms with van der Waals surface area (Å²) in [5, 5.41) is 7.57. The Bertz CT molecular complexity index is 883. The van der Waals surface area contributed by atoms with E-state index < -0.39 is 6.03 Å². The van der Waals surface area contributed by atoms with E-state index in [4.69, 9.17) is 9.47 Å². The normalized spacial score (nSPS) is 10.2. The van der Waals surface area contributed by atoms with Crippen LogP contribution in [0.25, 0.3) is 10.8 Å². The van der Waals surface area contributed by atoms with Gasteiger partial charge in [0.15, 0.2) is 0 Å². The zero-order valence-electron chi connectivity index (χ0n) is 13.2. The highest BCUT2D eigenvalue weighted by Gasteiger charge is 2.11. The number of nitrogens with zero attached hydrogens (tertiary/aromatic N) is 2. The predicted octanol–water partition coefficient (Wildman–Crippen LogP) is 3.29. The summed E-state index contributed by atoms with van der Waals surface area (Å²) in [5.41, 5.74) is 1.02. The Balaban J connectivity index is 1.75. The summed E-state index contributed by atoms with van der Waals surface area (Å²) in [6, 6.07) is 13.3. The molecule has 1 heterocycles. The summed E-state index contributed by atoms with van der Waals surface area (Å²) in [4.78, 5) is 20.1. The maximum Gasteiger partial charge on any atom is 0.323 e. The van der Waals surface area contributed by atoms with Gasteiger partial charge in [-0.15, -0.1) is 0 Å². The first-order valence-corrected chi connectivity index (χ1v) is 7.21. The van der Waals surface area contributed by atoms with Gasteiger partial charge in [-0.2, -0.15) is 4.98 Å². The molecule has 0 atom stereocenters. The lowest BCUT2D eigenvalue weighted by Gasteiger charge is -2.11. The maximum absolute atomic E-state index is 12.2. The van der Waals surface area contributed by atoms with Crippen molar-refractivity contribution in [3.05, 3.63) is 48.7 Å². The molecule has 0 aliphatic heterocycles. The summed E-state index contributed by atoms with van der Waals surface area (Å²) >= 11 is 0. The summed E-state index contributed by atoms with van der Waals surface area (Å²) in [5.74, 6) is 0.218. The standard InChI is InChI=1S/C17H16N4O3/c1-23-15-14(10-18-17(21-15)24-2)20-16(22)19-13-8-7-11-5-3-4-6-12(11)9-13/h3-10H,1-2H3,(H2,19,20,22). The van der Waals surface area contributed by atoms with Crippen molar-refractivity contribution >= 4 is 28.2 Å². The van der Waals surface area contributed by atoms with Crippen molar-refractivity contribution in [2.45, 2.75) is 0 Å². The molecule has 1 aromatic heterocycles. The summed E-state index contributed by atoms with van der Waals surface area (Å²) < 4.78 is 10.0. The number of carbonyl (C=O) groups is 1. The number of urea groups is 1. The second-order valence-electron chi connectivity index (χ2n) is 4.92. The van der Waals surface area contributed by atoms with Crippen LogP contribution in [0.4, 0.5) is 16.2 Å². The molecule has 0 saturated heterocycles. The number of rotatable bonds is 4. The van der Waals surface area contributed by atoms with Crippen molar-refractivity contribution in [2.75, 3.05) is 24.9 Å². The van der Waals surface area contributed by atoms with Gasteiger partial charge < -0.3 is 20.1 Å². The fourth-order valence-electron chi connectivity index (χ4n) is 2.24. The van der Waals surface area contributed by atoms with Crippen molar-refractivity contribution in [1.82, 2.24) is 9.97 Å². The Hall–Kier alpha value is -3.35. The van der Waals surface area contributed by atoms with Gasteiger partial charge in [0.1, 0.15) is 5.69 Å². The van der Waals surface area contributed by atoms with Crippen LogP contribution >= 0.6 is 0 Å². The third kappa shape index (κ3) is 3.35. The van der Waals surface area contributed by atoms with Gasteiger partial charge in [-0.3, -0.25) is 0 Å². The highest BCUT2D eigenvalue weighted by Crippen LogP contribution is 2.23. The van der Waals surface area contributed by atoms with Crippen molar-refractivity contribution in [3.8, 4) is 11.9 Å². The van der Waals surface area contributed by atoms with Crippen LogP contribution in [-0.2, 0) is 0 Å². The average molecular weight is 324 g/mol. The van der Waals surface area contributed by atoms with Crippen LogP contribution in [0.3, 0.4) is 0 Å². The molecule has 2 N–H and O–H groups in total. The molecule has 7 nitrogen and oxygen atoms in total. The van der Waals surface area contributed by atoms with Gasteiger partial charge in [0.2, 0.25) is 5.88 Å². The van der Waals surface area contributed by atoms with Gasteiger partial charge in [-0.1, -0.05) is 30.3 Å². The fourth-order valence-corrected chi connectivity index (χ4v) is 2.24. The quantitative estimate of drug-likeness (QED) is 0.769. The van der Waals surface area contributed by atoms with E-state index in [1.54, 1.807) is 0 Å². The number of amides is 2. The molecule has 0 aliphatic rings. The number of carbonyl (C=O) groups excluding carboxylic acids is 1. The van der Waals surface area contributed by atoms with Gasteiger partial charge in [-0.25, -0.2) is 9.78 Å². The highest BCUT2D eigenvalue weighted by molar-refractivity contribution is 6.01. The van der Waals surface area contributed by atoms with Gasteiger partial charge in [0.05, 0.1) is 20.4 Å². The molecule has 24 heavy (non-hydrogen) atoms. The summed E-state index contributed by atoms with van der Waals surface area (Å²) in [6.45, 7) is 0. The fraction of sp³-hybridized carbons (Fsp3) is 0.118. The number of benzene rings is 2. The highest BCUT2D eigenvalue weighted by atomic mass is 16.5. The molecular weight excluding hydrogens is 308 g/mol. The van der Waals surface area contributed by atoms with E-state index in [1.807, 2.05) is 42.5 Å². The molecule has 0 radical (unpaired) electrons. The Morgan fingerprint density at radius 3 is 2.54 bits per heavy atom. The van der Waals surface area contributed by atoms with E-state index >= 15 is 0 Å². The van der Waals surface area contributed by atoms with Crippen LogP contribution < -0.4 is 20.1 Å². The minimum Gasteiger partial charge on any atom is -0.479 e. The zero-order chi connectivity index (χ0) is 16.9. The molecular formula is C17H16N4O3. The van der Waals surface area contributed by atoms with E-state index in [1.165, 1.54) is 20.4 Å². The third-order valence-electron chi connectivity index (χ3n) is 3.36. The second kappa shape index (κ2) is 6.82. The Labute approximate surface area is 138 Å². The molecule has 0 spiro atoms. The number of anilines is 2. The second-order valence-corrected chi connectivity index (χ2v) is 4.92. The van der Waals surface area contributed by atoms with E-state index in [2.05, 4.69) is 20.6 Å². The van der Waals surface area contributed by atoms with E-state index in [0.717, 1.165) is 10.8 Å². The summed E-state index contributed by atoms with van der Waals surface area (Å²) in [6.07, 6.45) is 1.42. The Morgan fingerprint density at radius 2 is 1.79 bits per heavy atom. The molecule has 0 unspecified atom stereocenters. The van der Waals surface area contributed by atoms with Crippen LogP contribution in [0.15, 0.2) is 48.7 Å². The molecule has 122 valence electrons. The number of fused-ring (bicyclic) bond motifs is 1. The molecule has 0 fully saturated rings. The molecule has 2 aromatic carbocycles. The third-order valence-corrected chi connectivity index (χ3v) is 3.36. The van der Waals surface area contributed by atoms with Gasteiger partial charge >= 0.3 is 12.0 Å². The van der Waals surface area contributed by atoms with Gasteiger partial charge in [0.25, 0.3) is 0 Å². The van der Waals surface area contributed by atoms with Crippen LogP contribution in [0, 0.1) is 0 Å². The molecule has 0 bridgehead atoms. The van der Waals surface area contributed by atoms with Crippen LogP contribution in [0.5, 0.6) is 11.9 Å². The SMILES string of the molecule is COc1ncc(NC(=O)Nc2ccc3ccccc3c2)c(OC)n1. The number of aromatic nitrogens is 2. The lowest BCUT2D eigenvalue weighted by molar-refractivity contribution is 0.262. The van der Waals surface area contributed by atoms with Gasteiger partial charge in [0, 0.05) is 5.69 Å². The molecule has 2 amide bonds. The van der Waals surface area contributed by atoms with Crippen molar-refractivity contribution in [3.63, 3.8) is 0 Å². The first kappa shape index (κ1) is 15.5. The number of hydrogen-bond acceptors (Lipinski definition) is 5. The first-order chi connectivity index (χ1) is 11.7. The van der Waals surface area contributed by atoms with Gasteiger partial charge in [-0.05, 0) is 22.9 Å². The van der Waals surface area contributed by atoms with Crippen LogP contribution in [0.1, 0.15) is 0 Å². The van der Waals surface area contributed by atoms with E-state index in [-0.39, 0.29) is 11.9 Å². The minimum absolute atomic E-state index is 0.160. The first-order valence-electron chi connectivity index (χ1n) is 7.21. The monoisotopic (exact) mass is 324 g/mol. The van der Waals surface area contributed by atoms with E-state index in [0.29, 0.717) is 11.4 Å². The van der Waals surface area contributed by atoms with E-state index in [9.17, 15) is 4.79 Å². The lowest BCUT2D eigenvalue weighted by atomic mass is 10.1. The number of methoxy groups -OCH3 is 2. The van der Waals surface area contributed by atoms with Crippen molar-refractivity contribution < 1.29 is 14.3 Å². The largest absolute Gasteiger partial charge is 0.479 e. The zero-order valence-corrected chi connectivity index (χ0v) is 13.2. The Kier molecular flexibility index (Phi) is 4.42. The number of hydrogen-bond donors (Lipinski definition) is 2. The summed E-state index contributed by atoms with van der Waals surface area (Å²) in [7, 11) is 2.91. The number of ether oxygens (including phenoxy) is 2. The average Bonchev–Trinajstić information content (AvgIpc) is 2.62. The Morgan fingerprint density at radius 1 is 1.00 bits per heavy atom. The predicted molar refractivity (Wildman–Crippen MR) is 91.7 cm³/mol. The minimum atomic E-state index is -0.419. The molecule has 3 rings (SSSR count). The van der Waals surface area contributed by atoms with Crippen LogP contribution in [0.2, 0.25) is 0 Å². The molecule has 0 saturated carbocycles. The molecule has 7 heteroatoms. The lowest BCUT2D eigenvalue weighted by Crippen LogP contribution is -2.20. The van der Waals surface area contributed by atoms with Crippen molar-refractivity contribution in [2.24, 2.45) is 0 Å². The maximum atomic E-state index is 12.2. The van der Waals surface area contributed by atoms with Crippen molar-refractivity contribution in [1.29, 1.82) is 0 Å². The molecule has 0 aliphatic carbocycles.